The molecule has 0 aromatic heterocycles. The van der Waals surface area contributed by atoms with Gasteiger partial charge >= 0.3 is 0 Å². The van der Waals surface area contributed by atoms with E-state index in [-0.39, 0.29) is 0 Å². The molecule has 0 radical (unpaired) electrons. The van der Waals surface area contributed by atoms with Crippen molar-refractivity contribution in [3.05, 3.63) is 88.7 Å². The zero-order chi connectivity index (χ0) is 23.9. The molecule has 0 amide bonds. The SMILES string of the molecule is C#C.C=C(S/C=C\C)C(=N/CNCCNC)/C(C)=C(C)/C=C\C.C=Cc1ccccc1. The van der Waals surface area contributed by atoms with E-state index < -0.39 is 0 Å². The van der Waals surface area contributed by atoms with E-state index in [1.165, 1.54) is 16.7 Å². The van der Waals surface area contributed by atoms with Crippen LogP contribution in [0.3, 0.4) is 0 Å². The third kappa shape index (κ3) is 15.9. The van der Waals surface area contributed by atoms with Crippen molar-refractivity contribution in [2.45, 2.75) is 27.7 Å². The van der Waals surface area contributed by atoms with Crippen molar-refractivity contribution in [2.24, 2.45) is 4.99 Å². The number of allylic oxidation sites excluding steroid dienone is 6. The van der Waals surface area contributed by atoms with Gasteiger partial charge in [0.25, 0.3) is 0 Å². The van der Waals surface area contributed by atoms with Gasteiger partial charge in [-0.25, -0.2) is 0 Å². The molecule has 0 aliphatic heterocycles. The number of nitrogens with zero attached hydrogens (tertiary/aromatic N) is 1. The third-order valence-corrected chi connectivity index (χ3v) is 4.80. The van der Waals surface area contributed by atoms with Crippen LogP contribution in [0, 0.1) is 12.8 Å². The normalized spacial score (nSPS) is 11.8. The molecular formula is C27H39N3S. The van der Waals surface area contributed by atoms with Gasteiger partial charge in [0.15, 0.2) is 0 Å². The molecule has 0 bridgehead atoms. The van der Waals surface area contributed by atoms with Gasteiger partial charge in [0, 0.05) is 18.0 Å². The van der Waals surface area contributed by atoms with Gasteiger partial charge in [-0.3, -0.25) is 10.3 Å². The molecule has 1 aromatic rings. The number of rotatable bonds is 11. The molecule has 2 N–H and O–H groups in total. The van der Waals surface area contributed by atoms with Crippen molar-refractivity contribution >= 4 is 23.5 Å². The van der Waals surface area contributed by atoms with Crippen LogP contribution in [-0.4, -0.2) is 32.5 Å². The Morgan fingerprint density at radius 3 is 2.23 bits per heavy atom. The maximum Gasteiger partial charge on any atom is 0.0892 e. The zero-order valence-electron chi connectivity index (χ0n) is 19.8. The Labute approximate surface area is 195 Å². The highest BCUT2D eigenvalue weighted by Gasteiger charge is 2.08. The molecule has 0 atom stereocenters. The van der Waals surface area contributed by atoms with Crippen LogP contribution in [0.5, 0.6) is 0 Å². The minimum absolute atomic E-state index is 0.604. The summed E-state index contributed by atoms with van der Waals surface area (Å²) in [5, 5.41) is 8.43. The van der Waals surface area contributed by atoms with Gasteiger partial charge in [0.2, 0.25) is 0 Å². The summed E-state index contributed by atoms with van der Waals surface area (Å²) in [5.41, 5.74) is 4.54. The number of benzene rings is 1. The molecule has 0 saturated heterocycles. The van der Waals surface area contributed by atoms with Gasteiger partial charge in [-0.15, -0.1) is 12.8 Å². The lowest BCUT2D eigenvalue weighted by Gasteiger charge is -2.11. The molecule has 0 fully saturated rings. The van der Waals surface area contributed by atoms with Crippen LogP contribution >= 0.6 is 11.8 Å². The summed E-state index contributed by atoms with van der Waals surface area (Å²) in [5.74, 6) is 0. The summed E-state index contributed by atoms with van der Waals surface area (Å²) < 4.78 is 0. The minimum atomic E-state index is 0.604. The number of terminal acetylenes is 1. The van der Waals surface area contributed by atoms with Gasteiger partial charge in [0.1, 0.15) is 0 Å². The fourth-order valence-corrected chi connectivity index (χ4v) is 2.83. The molecule has 168 valence electrons. The Morgan fingerprint density at radius 1 is 1.10 bits per heavy atom. The summed E-state index contributed by atoms with van der Waals surface area (Å²) in [6.45, 7) is 18.5. The fraction of sp³-hybridized carbons (Fsp3) is 0.296. The number of thioether (sulfide) groups is 1. The van der Waals surface area contributed by atoms with Crippen LogP contribution in [0.2, 0.25) is 0 Å². The Balaban J connectivity index is 0. The van der Waals surface area contributed by atoms with E-state index in [0.717, 1.165) is 23.7 Å². The van der Waals surface area contributed by atoms with Crippen molar-refractivity contribution in [1.29, 1.82) is 0 Å². The molecule has 31 heavy (non-hydrogen) atoms. The predicted octanol–water partition coefficient (Wildman–Crippen LogP) is 6.47. The van der Waals surface area contributed by atoms with Crippen LogP contribution in [0.25, 0.3) is 6.08 Å². The van der Waals surface area contributed by atoms with Crippen molar-refractivity contribution in [2.75, 3.05) is 26.8 Å². The lowest BCUT2D eigenvalue weighted by molar-refractivity contribution is 0.663. The number of aliphatic imine (C=N–C) groups is 1. The number of likely N-dealkylation sites (N-methyl/N-ethyl adjacent to an activating group) is 1. The standard InChI is InChI=1S/C17H29N3S.C8H8.C2H2/c1-7-9-14(3)15(4)17(16(5)21-12-8-2)20-13-19-11-10-18-6;1-2-8-6-4-3-5-7-8;1-2/h7-9,12,18-19H,5,10-11,13H2,1-4,6H3;2-7H,1H2;1-2H/b9-7-,12-8-,15-14+,20-17+;;. The van der Waals surface area contributed by atoms with Crippen LogP contribution in [-0.2, 0) is 0 Å². The first-order valence-electron chi connectivity index (χ1n) is 10.2. The smallest absolute Gasteiger partial charge is 0.0892 e. The van der Waals surface area contributed by atoms with Crippen molar-refractivity contribution in [3.63, 3.8) is 0 Å². The summed E-state index contributed by atoms with van der Waals surface area (Å²) >= 11 is 1.61. The molecule has 3 nitrogen and oxygen atoms in total. The molecule has 4 heteroatoms. The summed E-state index contributed by atoms with van der Waals surface area (Å²) in [6, 6.07) is 10.0. The number of hydrogen-bond donors (Lipinski definition) is 2. The first-order chi connectivity index (χ1) is 15.0. The van der Waals surface area contributed by atoms with Crippen molar-refractivity contribution in [1.82, 2.24) is 10.6 Å². The Kier molecular flexibility index (Phi) is 21.8. The first kappa shape index (κ1) is 30.6. The lowest BCUT2D eigenvalue weighted by Crippen LogP contribution is -2.25. The van der Waals surface area contributed by atoms with Crippen LogP contribution in [0.1, 0.15) is 33.3 Å². The van der Waals surface area contributed by atoms with E-state index >= 15 is 0 Å². The molecule has 0 spiro atoms. The molecule has 0 saturated carbocycles. The van der Waals surface area contributed by atoms with E-state index in [4.69, 9.17) is 0 Å². The Morgan fingerprint density at radius 2 is 1.74 bits per heavy atom. The van der Waals surface area contributed by atoms with E-state index in [0.29, 0.717) is 6.67 Å². The maximum atomic E-state index is 4.68. The molecule has 0 aliphatic carbocycles. The van der Waals surface area contributed by atoms with Gasteiger partial charge in [-0.2, -0.15) is 0 Å². The van der Waals surface area contributed by atoms with Crippen molar-refractivity contribution in [3.8, 4) is 12.8 Å². The van der Waals surface area contributed by atoms with Gasteiger partial charge in [0.05, 0.1) is 12.4 Å². The van der Waals surface area contributed by atoms with Crippen LogP contribution in [0.4, 0.5) is 0 Å². The second-order valence-corrected chi connectivity index (χ2v) is 7.20. The summed E-state index contributed by atoms with van der Waals surface area (Å²) in [7, 11) is 1.94. The Hall–Kier alpha value is -2.58. The third-order valence-electron chi connectivity index (χ3n) is 3.91. The molecule has 0 aliphatic rings. The highest BCUT2D eigenvalue weighted by Crippen LogP contribution is 2.22. The average Bonchev–Trinajstić information content (AvgIpc) is 2.81. The Bertz CT molecular complexity index is 753. The molecular weight excluding hydrogens is 398 g/mol. The highest BCUT2D eigenvalue weighted by atomic mass is 32.2. The zero-order valence-corrected chi connectivity index (χ0v) is 20.6. The topological polar surface area (TPSA) is 36.4 Å². The lowest BCUT2D eigenvalue weighted by atomic mass is 10.1. The highest BCUT2D eigenvalue weighted by molar-refractivity contribution is 8.06. The number of nitrogens with one attached hydrogen (secondary N) is 2. The van der Waals surface area contributed by atoms with E-state index in [2.05, 4.69) is 61.6 Å². The van der Waals surface area contributed by atoms with Gasteiger partial charge in [-0.1, -0.05) is 79.6 Å². The van der Waals surface area contributed by atoms with Crippen LogP contribution in [0.15, 0.2) is 88.2 Å². The summed E-state index contributed by atoms with van der Waals surface area (Å²) in [4.78, 5) is 5.66. The fourth-order valence-electron chi connectivity index (χ4n) is 2.20. The molecule has 0 heterocycles. The number of hydrogen-bond acceptors (Lipinski definition) is 4. The molecule has 0 unspecified atom stereocenters. The average molecular weight is 438 g/mol. The largest absolute Gasteiger partial charge is 0.318 e. The van der Waals surface area contributed by atoms with Crippen molar-refractivity contribution < 1.29 is 0 Å². The van der Waals surface area contributed by atoms with Gasteiger partial charge < -0.3 is 5.32 Å². The van der Waals surface area contributed by atoms with Gasteiger partial charge in [-0.05, 0) is 56.9 Å². The van der Waals surface area contributed by atoms with E-state index in [1.54, 1.807) is 11.8 Å². The second kappa shape index (κ2) is 22.1. The van der Waals surface area contributed by atoms with E-state index in [1.807, 2.05) is 74.9 Å². The molecule has 1 aromatic carbocycles. The predicted molar refractivity (Wildman–Crippen MR) is 145 cm³/mol. The monoisotopic (exact) mass is 437 g/mol. The minimum Gasteiger partial charge on any atom is -0.318 e. The molecule has 1 rings (SSSR count). The maximum absolute atomic E-state index is 4.68. The quantitative estimate of drug-likeness (QED) is 0.180. The first-order valence-corrected chi connectivity index (χ1v) is 11.1. The van der Waals surface area contributed by atoms with E-state index in [9.17, 15) is 0 Å². The van der Waals surface area contributed by atoms with Crippen LogP contribution < -0.4 is 10.6 Å². The summed E-state index contributed by atoms with van der Waals surface area (Å²) in [6.07, 6.45) is 16.0. The second-order valence-electron chi connectivity index (χ2n) is 6.20.